The van der Waals surface area contributed by atoms with Gasteiger partial charge in [-0.1, -0.05) is 30.3 Å². The highest BCUT2D eigenvalue weighted by Crippen LogP contribution is 2.10. The number of hydrogen-bond donors (Lipinski definition) is 2. The van der Waals surface area contributed by atoms with Gasteiger partial charge in [0.05, 0.1) is 12.8 Å². The Hall–Kier alpha value is -3.48. The molecule has 0 fully saturated rings. The topological polar surface area (TPSA) is 71.3 Å². The lowest BCUT2D eigenvalue weighted by Crippen LogP contribution is -2.47. The average molecular weight is 384 g/mol. The first-order chi connectivity index (χ1) is 13.5. The summed E-state index contributed by atoms with van der Waals surface area (Å²) in [6.45, 7) is 0.165. The summed E-state index contributed by atoms with van der Waals surface area (Å²) in [7, 11) is 0. The van der Waals surface area contributed by atoms with Gasteiger partial charge in [-0.2, -0.15) is 0 Å². The Morgan fingerprint density at radius 2 is 1.75 bits per heavy atom. The zero-order valence-corrected chi connectivity index (χ0v) is 14.8. The molecule has 1 aromatic heterocycles. The predicted octanol–water partition coefficient (Wildman–Crippen LogP) is 3.22. The largest absolute Gasteiger partial charge is 0.467 e. The molecule has 0 bridgehead atoms. The Kier molecular flexibility index (Phi) is 6.16. The van der Waals surface area contributed by atoms with Crippen LogP contribution in [-0.2, 0) is 17.8 Å². The fourth-order valence-electron chi connectivity index (χ4n) is 2.65. The van der Waals surface area contributed by atoms with Crippen molar-refractivity contribution >= 4 is 11.8 Å². The van der Waals surface area contributed by atoms with Gasteiger partial charge >= 0.3 is 0 Å². The number of furan rings is 1. The number of rotatable bonds is 7. The van der Waals surface area contributed by atoms with Gasteiger partial charge in [0.1, 0.15) is 11.8 Å². The van der Waals surface area contributed by atoms with Gasteiger partial charge < -0.3 is 15.1 Å². The summed E-state index contributed by atoms with van der Waals surface area (Å²) >= 11 is 0. The van der Waals surface area contributed by atoms with E-state index in [0.717, 1.165) is 23.8 Å². The molecule has 0 aliphatic carbocycles. The molecule has 2 N–H and O–H groups in total. The zero-order chi connectivity index (χ0) is 19.9. The highest BCUT2D eigenvalue weighted by Gasteiger charge is 2.22. The van der Waals surface area contributed by atoms with Crippen LogP contribution in [0.2, 0.25) is 0 Å². The molecule has 0 saturated carbocycles. The molecule has 5 nitrogen and oxygen atoms in total. The summed E-state index contributed by atoms with van der Waals surface area (Å²) in [6.07, 6.45) is 1.73. The van der Waals surface area contributed by atoms with Gasteiger partial charge in [0.25, 0.3) is 5.91 Å². The van der Waals surface area contributed by atoms with Crippen molar-refractivity contribution in [3.63, 3.8) is 0 Å². The Labute approximate surface area is 160 Å². The Bertz CT molecular complexity index is 944. The van der Waals surface area contributed by atoms with Crippen molar-refractivity contribution in [3.8, 4) is 0 Å². The first-order valence-corrected chi connectivity index (χ1v) is 8.63. The van der Waals surface area contributed by atoms with Gasteiger partial charge in [0.15, 0.2) is 11.6 Å². The molecule has 0 unspecified atom stereocenters. The molecule has 0 radical (unpaired) electrons. The van der Waals surface area contributed by atoms with Crippen molar-refractivity contribution in [3.05, 3.63) is 95.4 Å². The van der Waals surface area contributed by atoms with E-state index in [9.17, 15) is 18.4 Å². The molecule has 3 aromatic rings. The SMILES string of the molecule is O=C(N[C@@H](Cc1ccccc1)C(=O)NCc1ccco1)c1ccc(F)c(F)c1. The van der Waals surface area contributed by atoms with Crippen LogP contribution in [0, 0.1) is 11.6 Å². The molecule has 3 rings (SSSR count). The number of amides is 2. The fraction of sp³-hybridized carbons (Fsp3) is 0.143. The second kappa shape index (κ2) is 8.94. The maximum absolute atomic E-state index is 13.4. The molecule has 0 spiro atoms. The maximum atomic E-state index is 13.4. The summed E-state index contributed by atoms with van der Waals surface area (Å²) in [6, 6.07) is 14.5. The van der Waals surface area contributed by atoms with Crippen molar-refractivity contribution in [1.82, 2.24) is 10.6 Å². The van der Waals surface area contributed by atoms with Gasteiger partial charge in [0.2, 0.25) is 5.91 Å². The first kappa shape index (κ1) is 19.3. The van der Waals surface area contributed by atoms with Crippen molar-refractivity contribution in [2.24, 2.45) is 0 Å². The third-order valence-electron chi connectivity index (χ3n) is 4.10. The van der Waals surface area contributed by atoms with Gasteiger partial charge in [-0.15, -0.1) is 0 Å². The second-order valence-electron chi connectivity index (χ2n) is 6.14. The summed E-state index contributed by atoms with van der Waals surface area (Å²) < 4.78 is 31.7. The van der Waals surface area contributed by atoms with Crippen LogP contribution in [-0.4, -0.2) is 17.9 Å². The summed E-state index contributed by atoms with van der Waals surface area (Å²) in [5.74, 6) is -2.70. The molecule has 1 heterocycles. The first-order valence-electron chi connectivity index (χ1n) is 8.63. The molecule has 1 atom stereocenters. The van der Waals surface area contributed by atoms with E-state index in [1.54, 1.807) is 12.1 Å². The number of carbonyl (C=O) groups is 2. The lowest BCUT2D eigenvalue weighted by molar-refractivity contribution is -0.123. The van der Waals surface area contributed by atoms with Crippen LogP contribution in [0.25, 0.3) is 0 Å². The van der Waals surface area contributed by atoms with E-state index in [2.05, 4.69) is 10.6 Å². The van der Waals surface area contributed by atoms with E-state index in [-0.39, 0.29) is 18.5 Å². The van der Waals surface area contributed by atoms with Crippen molar-refractivity contribution in [1.29, 1.82) is 0 Å². The van der Waals surface area contributed by atoms with E-state index < -0.39 is 29.5 Å². The molecule has 144 valence electrons. The zero-order valence-electron chi connectivity index (χ0n) is 14.8. The summed E-state index contributed by atoms with van der Waals surface area (Å²) in [4.78, 5) is 25.1. The third-order valence-corrected chi connectivity index (χ3v) is 4.10. The average Bonchev–Trinajstić information content (AvgIpc) is 3.22. The van der Waals surface area contributed by atoms with Crippen LogP contribution in [0.4, 0.5) is 8.78 Å². The lowest BCUT2D eigenvalue weighted by Gasteiger charge is -2.18. The van der Waals surface area contributed by atoms with Crippen LogP contribution in [0.5, 0.6) is 0 Å². The fourth-order valence-corrected chi connectivity index (χ4v) is 2.65. The van der Waals surface area contributed by atoms with Gasteiger partial charge in [-0.3, -0.25) is 9.59 Å². The standard InChI is InChI=1S/C21H18F2N2O3/c22-17-9-8-15(12-18(17)23)20(26)25-19(11-14-5-2-1-3-6-14)21(27)24-13-16-7-4-10-28-16/h1-10,12,19H,11,13H2,(H,24,27)(H,25,26)/t19-/m0/s1. The molecule has 28 heavy (non-hydrogen) atoms. The van der Waals surface area contributed by atoms with Gasteiger partial charge in [0, 0.05) is 12.0 Å². The Morgan fingerprint density at radius 1 is 0.964 bits per heavy atom. The van der Waals surface area contributed by atoms with Gasteiger partial charge in [-0.25, -0.2) is 8.78 Å². The minimum Gasteiger partial charge on any atom is -0.467 e. The van der Waals surface area contributed by atoms with Crippen LogP contribution in [0.1, 0.15) is 21.7 Å². The van der Waals surface area contributed by atoms with Crippen molar-refractivity contribution in [2.75, 3.05) is 0 Å². The monoisotopic (exact) mass is 384 g/mol. The molecule has 0 aliphatic heterocycles. The van der Waals surface area contributed by atoms with E-state index >= 15 is 0 Å². The highest BCUT2D eigenvalue weighted by atomic mass is 19.2. The molecular weight excluding hydrogens is 366 g/mol. The number of halogens is 2. The van der Waals surface area contributed by atoms with Crippen LogP contribution < -0.4 is 10.6 Å². The number of benzene rings is 2. The minimum atomic E-state index is -1.13. The summed E-state index contributed by atoms with van der Waals surface area (Å²) in [5.41, 5.74) is 0.766. The Balaban J connectivity index is 1.73. The van der Waals surface area contributed by atoms with Crippen LogP contribution >= 0.6 is 0 Å². The molecule has 0 aliphatic rings. The lowest BCUT2D eigenvalue weighted by atomic mass is 10.0. The predicted molar refractivity (Wildman–Crippen MR) is 98.3 cm³/mol. The van der Waals surface area contributed by atoms with Crippen molar-refractivity contribution < 1.29 is 22.8 Å². The van der Waals surface area contributed by atoms with E-state index in [4.69, 9.17) is 4.42 Å². The second-order valence-corrected chi connectivity index (χ2v) is 6.14. The summed E-state index contributed by atoms with van der Waals surface area (Å²) in [5, 5.41) is 5.29. The molecule has 2 aromatic carbocycles. The Morgan fingerprint density at radius 3 is 2.43 bits per heavy atom. The molecule has 7 heteroatoms. The van der Waals surface area contributed by atoms with E-state index in [0.29, 0.717) is 5.76 Å². The van der Waals surface area contributed by atoms with Crippen LogP contribution in [0.15, 0.2) is 71.3 Å². The van der Waals surface area contributed by atoms with E-state index in [1.165, 1.54) is 6.26 Å². The molecule has 0 saturated heterocycles. The number of hydrogen-bond acceptors (Lipinski definition) is 3. The normalized spacial score (nSPS) is 11.6. The minimum absolute atomic E-state index is 0.0733. The van der Waals surface area contributed by atoms with Gasteiger partial charge in [-0.05, 0) is 35.9 Å². The highest BCUT2D eigenvalue weighted by molar-refractivity contribution is 5.97. The third kappa shape index (κ3) is 5.03. The number of nitrogens with one attached hydrogen (secondary N) is 2. The quantitative estimate of drug-likeness (QED) is 0.657. The van der Waals surface area contributed by atoms with E-state index in [1.807, 2.05) is 30.3 Å². The maximum Gasteiger partial charge on any atom is 0.252 e. The molecule has 2 amide bonds. The molecular formula is C21H18F2N2O3. The smallest absolute Gasteiger partial charge is 0.252 e. The number of carbonyl (C=O) groups excluding carboxylic acids is 2. The van der Waals surface area contributed by atoms with Crippen LogP contribution in [0.3, 0.4) is 0 Å². The van der Waals surface area contributed by atoms with Crippen molar-refractivity contribution in [2.45, 2.75) is 19.0 Å².